The number of anilines is 1. The zero-order valence-electron chi connectivity index (χ0n) is 11.9. The van der Waals surface area contributed by atoms with Gasteiger partial charge < -0.3 is 0 Å². The van der Waals surface area contributed by atoms with Crippen LogP contribution >= 0.6 is 11.3 Å². The molecule has 0 atom stereocenters. The third-order valence-electron chi connectivity index (χ3n) is 3.25. The molecule has 0 spiro atoms. The Morgan fingerprint density at radius 3 is 2.68 bits per heavy atom. The number of nitrogens with zero attached hydrogens (tertiary/aromatic N) is 3. The molecule has 0 saturated carbocycles. The first-order chi connectivity index (χ1) is 8.91. The van der Waals surface area contributed by atoms with Crippen molar-refractivity contribution in [1.82, 2.24) is 14.4 Å². The standard InChI is InChI=1S/C10H9N4S.3CH3.Sn/c1-6-5-12-9-8(11-2)13-7-3-4-15-10(7)14(6)9;;;;/h3,5H,1-2H3,(H,11,13);3*1H3;. The summed E-state index contributed by atoms with van der Waals surface area (Å²) in [6, 6.07) is 2.29. The van der Waals surface area contributed by atoms with Gasteiger partial charge in [-0.1, -0.05) is 0 Å². The Kier molecular flexibility index (Phi) is 3.01. The second-order valence-electron chi connectivity index (χ2n) is 5.82. The molecule has 4 nitrogen and oxygen atoms in total. The Hall–Kier alpha value is -0.821. The fourth-order valence-electron chi connectivity index (χ4n) is 2.18. The number of hydrogen-bond acceptors (Lipinski definition) is 4. The van der Waals surface area contributed by atoms with Gasteiger partial charge in [0.25, 0.3) is 0 Å². The number of rotatable bonds is 2. The van der Waals surface area contributed by atoms with Crippen molar-refractivity contribution >= 4 is 54.4 Å². The van der Waals surface area contributed by atoms with E-state index in [0.717, 1.165) is 22.7 Å². The van der Waals surface area contributed by atoms with Crippen molar-refractivity contribution in [2.45, 2.75) is 21.7 Å². The Labute approximate surface area is 120 Å². The van der Waals surface area contributed by atoms with Crippen LogP contribution in [-0.2, 0) is 0 Å². The third-order valence-corrected chi connectivity index (χ3v) is 13.8. The number of thiophene rings is 1. The van der Waals surface area contributed by atoms with Crippen LogP contribution in [0.25, 0.3) is 16.0 Å². The van der Waals surface area contributed by atoms with E-state index in [9.17, 15) is 0 Å². The maximum atomic E-state index is 4.72. The van der Waals surface area contributed by atoms with Crippen LogP contribution < -0.4 is 8.21 Å². The van der Waals surface area contributed by atoms with Crippen LogP contribution in [-0.4, -0.2) is 39.8 Å². The summed E-state index contributed by atoms with van der Waals surface area (Å²) in [6.07, 6.45) is 1.91. The van der Waals surface area contributed by atoms with Gasteiger partial charge in [-0.2, -0.15) is 0 Å². The van der Waals surface area contributed by atoms with Gasteiger partial charge in [0, 0.05) is 0 Å². The van der Waals surface area contributed by atoms with Crippen LogP contribution in [0.15, 0.2) is 12.3 Å². The number of aryl methyl sites for hydroxylation is 1. The predicted molar refractivity (Wildman–Crippen MR) is 85.6 cm³/mol. The average molecular weight is 381 g/mol. The molecule has 0 saturated heterocycles. The Morgan fingerprint density at radius 1 is 1.32 bits per heavy atom. The number of imidazole rings is 1. The molecule has 3 aromatic rings. The van der Waals surface area contributed by atoms with Gasteiger partial charge in [-0.25, -0.2) is 0 Å². The summed E-state index contributed by atoms with van der Waals surface area (Å²) in [6.45, 7) is 2.10. The van der Waals surface area contributed by atoms with Crippen molar-refractivity contribution in [1.29, 1.82) is 0 Å². The second-order valence-corrected chi connectivity index (χ2v) is 22.3. The van der Waals surface area contributed by atoms with Crippen LogP contribution in [0.5, 0.6) is 0 Å². The minimum atomic E-state index is -2.05. The van der Waals surface area contributed by atoms with E-state index in [1.807, 2.05) is 24.6 Å². The molecule has 3 rings (SSSR count). The van der Waals surface area contributed by atoms with Gasteiger partial charge in [-0.05, 0) is 0 Å². The van der Waals surface area contributed by atoms with Crippen molar-refractivity contribution in [2.24, 2.45) is 0 Å². The molecule has 0 bridgehead atoms. The molecular weight excluding hydrogens is 363 g/mol. The molecule has 0 unspecified atom stereocenters. The van der Waals surface area contributed by atoms with Crippen LogP contribution in [0, 0.1) is 6.92 Å². The fraction of sp³-hybridized carbons (Fsp3) is 0.385. The van der Waals surface area contributed by atoms with Crippen LogP contribution in [0.2, 0.25) is 14.8 Å². The molecule has 0 aromatic carbocycles. The SMILES string of the molecule is CNc1nc2c[c]([Sn]([CH3])([CH3])[CH3])sc2n2c(C)cnc12. The molecule has 100 valence electrons. The predicted octanol–water partition coefficient (Wildman–Crippen LogP) is 2.84. The van der Waals surface area contributed by atoms with Crippen molar-refractivity contribution < 1.29 is 0 Å². The second kappa shape index (κ2) is 4.34. The first-order valence-electron chi connectivity index (χ1n) is 6.37. The molecule has 0 fully saturated rings. The maximum absolute atomic E-state index is 4.72. The average Bonchev–Trinajstić information content (AvgIpc) is 2.90. The van der Waals surface area contributed by atoms with Gasteiger partial charge in [0.1, 0.15) is 0 Å². The van der Waals surface area contributed by atoms with Gasteiger partial charge in [0.15, 0.2) is 0 Å². The first-order valence-corrected chi connectivity index (χ1v) is 17.2. The number of aromatic nitrogens is 3. The van der Waals surface area contributed by atoms with E-state index >= 15 is 0 Å². The monoisotopic (exact) mass is 382 g/mol. The van der Waals surface area contributed by atoms with Crippen LogP contribution in [0.4, 0.5) is 5.82 Å². The van der Waals surface area contributed by atoms with Crippen molar-refractivity contribution in [3.63, 3.8) is 0 Å². The Morgan fingerprint density at radius 2 is 2.05 bits per heavy atom. The first kappa shape index (κ1) is 13.2. The van der Waals surface area contributed by atoms with Gasteiger partial charge >= 0.3 is 121 Å². The molecule has 0 aliphatic carbocycles. The summed E-state index contributed by atoms with van der Waals surface area (Å²) in [5.74, 6) is 0.856. The number of nitrogens with one attached hydrogen (secondary N) is 1. The molecular formula is C13H18N4SSn. The van der Waals surface area contributed by atoms with Gasteiger partial charge in [-0.3, -0.25) is 0 Å². The van der Waals surface area contributed by atoms with Crippen molar-refractivity contribution in [3.05, 3.63) is 18.0 Å². The normalized spacial score (nSPS) is 12.5. The van der Waals surface area contributed by atoms with E-state index in [2.05, 4.69) is 42.5 Å². The summed E-state index contributed by atoms with van der Waals surface area (Å²) >= 11 is -0.148. The molecule has 0 radical (unpaired) electrons. The van der Waals surface area contributed by atoms with Crippen molar-refractivity contribution in [3.8, 4) is 0 Å². The topological polar surface area (TPSA) is 42.2 Å². The molecule has 0 aliphatic heterocycles. The molecule has 6 heteroatoms. The van der Waals surface area contributed by atoms with Gasteiger partial charge in [0.05, 0.1) is 0 Å². The minimum absolute atomic E-state index is 0.856. The molecule has 3 heterocycles. The van der Waals surface area contributed by atoms with E-state index < -0.39 is 18.4 Å². The van der Waals surface area contributed by atoms with Crippen molar-refractivity contribution in [2.75, 3.05) is 12.4 Å². The van der Waals surface area contributed by atoms with E-state index in [0.29, 0.717) is 0 Å². The Bertz CT molecular complexity index is 766. The molecule has 1 N–H and O–H groups in total. The van der Waals surface area contributed by atoms with E-state index in [1.54, 1.807) is 2.89 Å². The summed E-state index contributed by atoms with van der Waals surface area (Å²) < 4.78 is 3.78. The molecule has 19 heavy (non-hydrogen) atoms. The Balaban J connectivity index is 2.44. The number of fused-ring (bicyclic) bond motifs is 3. The summed E-state index contributed by atoms with van der Waals surface area (Å²) in [7, 11) is 1.90. The van der Waals surface area contributed by atoms with E-state index in [-0.39, 0.29) is 0 Å². The van der Waals surface area contributed by atoms with Gasteiger partial charge in [-0.15, -0.1) is 0 Å². The zero-order valence-corrected chi connectivity index (χ0v) is 15.6. The van der Waals surface area contributed by atoms with E-state index in [1.165, 1.54) is 4.83 Å². The molecule has 0 amide bonds. The van der Waals surface area contributed by atoms with Crippen LogP contribution in [0.3, 0.4) is 0 Å². The van der Waals surface area contributed by atoms with E-state index in [4.69, 9.17) is 4.98 Å². The summed E-state index contributed by atoms with van der Waals surface area (Å²) in [5.41, 5.74) is 3.17. The number of hydrogen-bond donors (Lipinski definition) is 1. The van der Waals surface area contributed by atoms with Gasteiger partial charge in [0.2, 0.25) is 0 Å². The fourth-order valence-corrected chi connectivity index (χ4v) is 8.47. The van der Waals surface area contributed by atoms with Crippen LogP contribution in [0.1, 0.15) is 5.69 Å². The molecule has 3 aromatic heterocycles. The molecule has 0 aliphatic rings. The summed E-state index contributed by atoms with van der Waals surface area (Å²) in [4.78, 5) is 17.7. The summed E-state index contributed by atoms with van der Waals surface area (Å²) in [5, 5.41) is 3.15. The third kappa shape index (κ3) is 2.03. The quantitative estimate of drug-likeness (QED) is 0.695. The zero-order chi connectivity index (χ0) is 13.8.